The highest BCUT2D eigenvalue weighted by Crippen LogP contribution is 2.59. The van der Waals surface area contributed by atoms with E-state index in [1.165, 1.54) is 32.1 Å². The van der Waals surface area contributed by atoms with Gasteiger partial charge in [0.25, 0.3) is 0 Å². The van der Waals surface area contributed by atoms with Crippen molar-refractivity contribution in [2.45, 2.75) is 57.8 Å². The van der Waals surface area contributed by atoms with Crippen LogP contribution in [0.15, 0.2) is 0 Å². The number of nitrogens with two attached hydrogens (primary N) is 1. The monoisotopic (exact) mass is 357 g/mol. The molecule has 1 spiro atoms. The van der Waals surface area contributed by atoms with Gasteiger partial charge in [-0.05, 0) is 50.1 Å². The molecule has 1 heterocycles. The maximum absolute atomic E-state index is 12.9. The number of carbonyl (C=O) groups excluding carboxylic acids is 2. The Morgan fingerprint density at radius 1 is 1.12 bits per heavy atom. The first kappa shape index (κ1) is 19.5. The highest BCUT2D eigenvalue weighted by molar-refractivity contribution is 5.87. The molecular formula is C18H32ClN3O2. The van der Waals surface area contributed by atoms with Gasteiger partial charge in [0.2, 0.25) is 11.8 Å². The third-order valence-electron chi connectivity index (χ3n) is 6.28. The molecule has 5 nitrogen and oxygen atoms in total. The van der Waals surface area contributed by atoms with E-state index < -0.39 is 0 Å². The molecule has 2 aliphatic carbocycles. The molecule has 1 aliphatic heterocycles. The molecule has 24 heavy (non-hydrogen) atoms. The van der Waals surface area contributed by atoms with Crippen molar-refractivity contribution >= 4 is 24.2 Å². The van der Waals surface area contributed by atoms with Gasteiger partial charge in [-0.3, -0.25) is 9.59 Å². The first-order valence-corrected chi connectivity index (χ1v) is 9.38. The summed E-state index contributed by atoms with van der Waals surface area (Å²) in [7, 11) is 0. The third-order valence-corrected chi connectivity index (χ3v) is 6.28. The molecule has 3 rings (SSSR count). The second-order valence-corrected chi connectivity index (χ2v) is 7.89. The molecule has 6 heteroatoms. The zero-order valence-corrected chi connectivity index (χ0v) is 15.4. The Balaban J connectivity index is 0.00000208. The molecule has 2 saturated carbocycles. The number of primary amides is 1. The Morgan fingerprint density at radius 3 is 2.42 bits per heavy atom. The van der Waals surface area contributed by atoms with Crippen LogP contribution in [0, 0.1) is 17.3 Å². The summed E-state index contributed by atoms with van der Waals surface area (Å²) in [6.45, 7) is 2.83. The normalized spacial score (nSPS) is 25.8. The van der Waals surface area contributed by atoms with Crippen molar-refractivity contribution < 1.29 is 9.59 Å². The van der Waals surface area contributed by atoms with Crippen LogP contribution in [0.3, 0.4) is 0 Å². The molecule has 3 fully saturated rings. The molecular weight excluding hydrogens is 326 g/mol. The van der Waals surface area contributed by atoms with Crippen LogP contribution in [0.1, 0.15) is 57.8 Å². The van der Waals surface area contributed by atoms with Gasteiger partial charge in [0.15, 0.2) is 0 Å². The minimum absolute atomic E-state index is 0. The predicted octanol–water partition coefficient (Wildman–Crippen LogP) is 2.08. The van der Waals surface area contributed by atoms with Gasteiger partial charge >= 0.3 is 0 Å². The van der Waals surface area contributed by atoms with Crippen molar-refractivity contribution in [3.05, 3.63) is 0 Å². The minimum atomic E-state index is -0.387. The Bertz CT molecular complexity index is 446. The van der Waals surface area contributed by atoms with Crippen molar-refractivity contribution in [1.29, 1.82) is 0 Å². The lowest BCUT2D eigenvalue weighted by molar-refractivity contribution is -0.137. The van der Waals surface area contributed by atoms with Crippen molar-refractivity contribution in [1.82, 2.24) is 10.2 Å². The summed E-state index contributed by atoms with van der Waals surface area (Å²) in [6.07, 6.45) is 10.7. The highest BCUT2D eigenvalue weighted by Gasteiger charge is 2.58. The van der Waals surface area contributed by atoms with Crippen LogP contribution >= 0.6 is 12.4 Å². The van der Waals surface area contributed by atoms with E-state index in [4.69, 9.17) is 5.73 Å². The SMILES string of the molecule is Cl.NC(=O)CN(CCC1CCCCC1)C(=O)C1CC12CCNCC2. The molecule has 1 unspecified atom stereocenters. The van der Waals surface area contributed by atoms with Crippen LogP contribution in [0.25, 0.3) is 0 Å². The molecule has 138 valence electrons. The summed E-state index contributed by atoms with van der Waals surface area (Å²) >= 11 is 0. The fourth-order valence-corrected chi connectivity index (χ4v) is 4.66. The summed E-state index contributed by atoms with van der Waals surface area (Å²) in [5.41, 5.74) is 5.61. The highest BCUT2D eigenvalue weighted by atomic mass is 35.5. The van der Waals surface area contributed by atoms with Gasteiger partial charge in [-0.1, -0.05) is 32.1 Å². The van der Waals surface area contributed by atoms with Crippen LogP contribution in [0.5, 0.6) is 0 Å². The van der Waals surface area contributed by atoms with Crippen molar-refractivity contribution in [2.24, 2.45) is 23.0 Å². The summed E-state index contributed by atoms with van der Waals surface area (Å²) in [6, 6.07) is 0. The number of carbonyl (C=O) groups is 2. The van der Waals surface area contributed by atoms with Gasteiger partial charge in [-0.25, -0.2) is 0 Å². The van der Waals surface area contributed by atoms with E-state index in [1.807, 2.05) is 0 Å². The predicted molar refractivity (Wildman–Crippen MR) is 96.9 cm³/mol. The number of halogens is 1. The van der Waals surface area contributed by atoms with Gasteiger partial charge in [0, 0.05) is 12.5 Å². The summed E-state index contributed by atoms with van der Waals surface area (Å²) in [5.74, 6) is 0.651. The van der Waals surface area contributed by atoms with E-state index >= 15 is 0 Å². The average molecular weight is 358 g/mol. The molecule has 3 N–H and O–H groups in total. The van der Waals surface area contributed by atoms with Crippen molar-refractivity contribution in [2.75, 3.05) is 26.2 Å². The smallest absolute Gasteiger partial charge is 0.237 e. The first-order chi connectivity index (χ1) is 11.1. The minimum Gasteiger partial charge on any atom is -0.368 e. The Labute approximate surface area is 151 Å². The van der Waals surface area contributed by atoms with Crippen LogP contribution in [-0.2, 0) is 9.59 Å². The largest absolute Gasteiger partial charge is 0.368 e. The van der Waals surface area contributed by atoms with Gasteiger partial charge < -0.3 is 16.0 Å². The topological polar surface area (TPSA) is 75.4 Å². The van der Waals surface area contributed by atoms with E-state index in [2.05, 4.69) is 5.32 Å². The third kappa shape index (κ3) is 4.63. The molecule has 0 aromatic carbocycles. The second-order valence-electron chi connectivity index (χ2n) is 7.89. The van der Waals surface area contributed by atoms with Crippen LogP contribution in [0.4, 0.5) is 0 Å². The van der Waals surface area contributed by atoms with E-state index in [0.29, 0.717) is 6.54 Å². The maximum atomic E-state index is 12.9. The molecule has 0 radical (unpaired) electrons. The van der Waals surface area contributed by atoms with Gasteiger partial charge in [0.1, 0.15) is 0 Å². The van der Waals surface area contributed by atoms with E-state index in [9.17, 15) is 9.59 Å². The summed E-state index contributed by atoms with van der Waals surface area (Å²) in [5, 5.41) is 3.37. The lowest BCUT2D eigenvalue weighted by atomic mass is 9.87. The fourth-order valence-electron chi connectivity index (χ4n) is 4.66. The molecule has 0 bridgehead atoms. The molecule has 1 atom stereocenters. The molecule has 2 amide bonds. The second kappa shape index (κ2) is 8.52. The van der Waals surface area contributed by atoms with Crippen molar-refractivity contribution in [3.8, 4) is 0 Å². The quantitative estimate of drug-likeness (QED) is 0.764. The number of rotatable bonds is 6. The van der Waals surface area contributed by atoms with E-state index in [0.717, 1.165) is 44.7 Å². The number of hydrogen-bond acceptors (Lipinski definition) is 3. The first-order valence-electron chi connectivity index (χ1n) is 9.38. The van der Waals surface area contributed by atoms with E-state index in [1.54, 1.807) is 4.90 Å². The number of piperidine rings is 1. The number of nitrogens with one attached hydrogen (secondary N) is 1. The zero-order chi connectivity index (χ0) is 16.3. The summed E-state index contributed by atoms with van der Waals surface area (Å²) < 4.78 is 0. The van der Waals surface area contributed by atoms with Gasteiger partial charge in [-0.2, -0.15) is 0 Å². The molecule has 0 aromatic heterocycles. The fraction of sp³-hybridized carbons (Fsp3) is 0.889. The Kier molecular flexibility index (Phi) is 6.93. The van der Waals surface area contributed by atoms with Crippen LogP contribution in [0.2, 0.25) is 0 Å². The molecule has 1 saturated heterocycles. The maximum Gasteiger partial charge on any atom is 0.237 e. The average Bonchev–Trinajstić information content (AvgIpc) is 3.25. The van der Waals surface area contributed by atoms with Crippen LogP contribution < -0.4 is 11.1 Å². The van der Waals surface area contributed by atoms with Crippen molar-refractivity contribution in [3.63, 3.8) is 0 Å². The lowest BCUT2D eigenvalue weighted by Gasteiger charge is -2.28. The Hall–Kier alpha value is -0.810. The number of hydrogen-bond donors (Lipinski definition) is 2. The van der Waals surface area contributed by atoms with Crippen LogP contribution in [-0.4, -0.2) is 42.9 Å². The molecule has 3 aliphatic rings. The molecule has 0 aromatic rings. The summed E-state index contributed by atoms with van der Waals surface area (Å²) in [4.78, 5) is 26.0. The standard InChI is InChI=1S/C18H31N3O2.ClH/c19-16(22)13-21(11-6-14-4-2-1-3-5-14)17(23)15-12-18(15)7-9-20-10-8-18;/h14-15,20H,1-13H2,(H2,19,22);1H. The van der Waals surface area contributed by atoms with E-state index in [-0.39, 0.29) is 42.1 Å². The van der Waals surface area contributed by atoms with Gasteiger partial charge in [-0.15, -0.1) is 12.4 Å². The number of nitrogens with zero attached hydrogens (tertiary/aromatic N) is 1. The van der Waals surface area contributed by atoms with Gasteiger partial charge in [0.05, 0.1) is 6.54 Å². The zero-order valence-electron chi connectivity index (χ0n) is 14.6. The number of amides is 2. The Morgan fingerprint density at radius 2 is 1.79 bits per heavy atom. The lowest BCUT2D eigenvalue weighted by Crippen LogP contribution is -2.42.